The minimum absolute atomic E-state index is 0. The first-order valence-electron chi connectivity index (χ1n) is 10.4. The van der Waals surface area contributed by atoms with Crippen molar-refractivity contribution in [3.05, 3.63) is 29.8 Å². The van der Waals surface area contributed by atoms with Crippen molar-refractivity contribution in [1.82, 2.24) is 15.5 Å². The zero-order valence-corrected chi connectivity index (χ0v) is 20.1. The molecule has 1 aliphatic heterocycles. The summed E-state index contributed by atoms with van der Waals surface area (Å²) in [6.07, 6.45) is -1.87. The Balaban J connectivity index is 0.00000450. The number of methoxy groups -OCH3 is 1. The molecule has 1 unspecified atom stereocenters. The molecule has 9 heteroatoms. The number of guanidine groups is 1. The smallest absolute Gasteiger partial charge is 0.389 e. The quantitative estimate of drug-likeness (QED) is 0.194. The van der Waals surface area contributed by atoms with E-state index in [1.54, 1.807) is 7.11 Å². The van der Waals surface area contributed by atoms with E-state index in [1.165, 1.54) is 18.4 Å². The van der Waals surface area contributed by atoms with Crippen LogP contribution in [0.1, 0.15) is 50.6 Å². The van der Waals surface area contributed by atoms with Crippen molar-refractivity contribution in [1.29, 1.82) is 0 Å². The molecule has 1 heterocycles. The molecule has 0 amide bonds. The molecule has 5 nitrogen and oxygen atoms in total. The number of benzene rings is 1. The highest BCUT2D eigenvalue weighted by Gasteiger charge is 2.26. The second-order valence-corrected chi connectivity index (χ2v) is 7.25. The van der Waals surface area contributed by atoms with Crippen molar-refractivity contribution >= 4 is 29.9 Å². The van der Waals surface area contributed by atoms with E-state index in [2.05, 4.69) is 27.7 Å². The Morgan fingerprint density at radius 3 is 2.37 bits per heavy atom. The third-order valence-corrected chi connectivity index (χ3v) is 5.03. The second-order valence-electron chi connectivity index (χ2n) is 7.25. The number of ether oxygens (including phenoxy) is 1. The Hall–Kier alpha value is -1.23. The molecule has 1 aromatic rings. The van der Waals surface area contributed by atoms with E-state index in [-0.39, 0.29) is 36.4 Å². The lowest BCUT2D eigenvalue weighted by atomic mass is 10.1. The molecule has 1 saturated heterocycles. The Morgan fingerprint density at radius 1 is 1.13 bits per heavy atom. The maximum Gasteiger partial charge on any atom is 0.389 e. The van der Waals surface area contributed by atoms with Gasteiger partial charge >= 0.3 is 6.18 Å². The number of halogens is 4. The zero-order chi connectivity index (χ0) is 21.1. The molecule has 1 aliphatic rings. The molecule has 0 aliphatic carbocycles. The van der Waals surface area contributed by atoms with Crippen molar-refractivity contribution in [2.75, 3.05) is 39.8 Å². The van der Waals surface area contributed by atoms with Crippen molar-refractivity contribution in [2.45, 2.75) is 51.2 Å². The molecule has 30 heavy (non-hydrogen) atoms. The molecule has 172 valence electrons. The number of aliphatic imine (C=N–C) groups is 1. The van der Waals surface area contributed by atoms with Gasteiger partial charge < -0.3 is 15.4 Å². The fraction of sp³-hybridized carbons (Fsp3) is 0.667. The Labute approximate surface area is 194 Å². The molecule has 0 aromatic heterocycles. The van der Waals surface area contributed by atoms with Crippen molar-refractivity contribution in [2.24, 2.45) is 4.99 Å². The van der Waals surface area contributed by atoms with Crippen LogP contribution in [0.3, 0.4) is 0 Å². The van der Waals surface area contributed by atoms with Crippen LogP contribution < -0.4 is 15.4 Å². The van der Waals surface area contributed by atoms with Crippen LogP contribution in [0.25, 0.3) is 0 Å². The number of unbranched alkanes of at least 4 members (excludes halogenated alkanes) is 1. The van der Waals surface area contributed by atoms with E-state index in [0.29, 0.717) is 32.0 Å². The van der Waals surface area contributed by atoms with Crippen LogP contribution >= 0.6 is 24.0 Å². The number of hydrogen-bond acceptors (Lipinski definition) is 3. The Morgan fingerprint density at radius 2 is 1.80 bits per heavy atom. The van der Waals surface area contributed by atoms with E-state index in [0.717, 1.165) is 18.8 Å². The van der Waals surface area contributed by atoms with Crippen LogP contribution in [0.2, 0.25) is 0 Å². The third-order valence-electron chi connectivity index (χ3n) is 5.03. The number of nitrogens with zero attached hydrogens (tertiary/aromatic N) is 2. The van der Waals surface area contributed by atoms with Crippen LogP contribution in [-0.2, 0) is 0 Å². The molecular formula is C21H34F3IN4O. The molecule has 0 radical (unpaired) electrons. The molecule has 1 aromatic carbocycles. The Kier molecular flexibility index (Phi) is 12.5. The highest BCUT2D eigenvalue weighted by atomic mass is 127. The summed E-state index contributed by atoms with van der Waals surface area (Å²) in [4.78, 5) is 7.17. The number of rotatable bonds is 10. The summed E-state index contributed by atoms with van der Waals surface area (Å²) < 4.78 is 42.0. The van der Waals surface area contributed by atoms with E-state index >= 15 is 0 Å². The first kappa shape index (κ1) is 26.8. The van der Waals surface area contributed by atoms with Crippen molar-refractivity contribution < 1.29 is 17.9 Å². The van der Waals surface area contributed by atoms with Gasteiger partial charge in [0.2, 0.25) is 0 Å². The first-order chi connectivity index (χ1) is 13.9. The molecule has 0 bridgehead atoms. The summed E-state index contributed by atoms with van der Waals surface area (Å²) in [7, 11) is 1.65. The lowest BCUT2D eigenvalue weighted by molar-refractivity contribution is -0.135. The van der Waals surface area contributed by atoms with Crippen LogP contribution in [0.4, 0.5) is 13.2 Å². The normalized spacial score (nSPS) is 16.1. The fourth-order valence-corrected chi connectivity index (χ4v) is 3.49. The van der Waals surface area contributed by atoms with E-state index in [9.17, 15) is 13.2 Å². The summed E-state index contributed by atoms with van der Waals surface area (Å²) in [5.41, 5.74) is 1.19. The largest absolute Gasteiger partial charge is 0.497 e. The topological polar surface area (TPSA) is 48.9 Å². The highest BCUT2D eigenvalue weighted by Crippen LogP contribution is 2.27. The maximum atomic E-state index is 12.3. The molecule has 2 rings (SSSR count). The van der Waals surface area contributed by atoms with Crippen LogP contribution in [-0.4, -0.2) is 56.9 Å². The summed E-state index contributed by atoms with van der Waals surface area (Å²) in [6, 6.07) is 8.26. The van der Waals surface area contributed by atoms with Crippen LogP contribution in [0.5, 0.6) is 5.75 Å². The first-order valence-corrected chi connectivity index (χ1v) is 10.4. The molecule has 0 spiro atoms. The van der Waals surface area contributed by atoms with Crippen molar-refractivity contribution in [3.63, 3.8) is 0 Å². The number of alkyl halides is 3. The number of likely N-dealkylation sites (tertiary alicyclic amines) is 1. The molecule has 0 saturated carbocycles. The predicted molar refractivity (Wildman–Crippen MR) is 126 cm³/mol. The summed E-state index contributed by atoms with van der Waals surface area (Å²) in [6.45, 7) is 5.83. The van der Waals surface area contributed by atoms with E-state index in [1.807, 2.05) is 19.1 Å². The monoisotopic (exact) mass is 542 g/mol. The SMILES string of the molecule is CCNC(=NCC(c1ccc(OC)cc1)N1CCCC1)NCCCCC(F)(F)F.I. The van der Waals surface area contributed by atoms with Gasteiger partial charge in [-0.2, -0.15) is 13.2 Å². The van der Waals surface area contributed by atoms with Gasteiger partial charge in [0.25, 0.3) is 0 Å². The van der Waals surface area contributed by atoms with Crippen LogP contribution in [0.15, 0.2) is 29.3 Å². The van der Waals surface area contributed by atoms with Crippen LogP contribution in [0, 0.1) is 0 Å². The van der Waals surface area contributed by atoms with Gasteiger partial charge in [-0.15, -0.1) is 24.0 Å². The lowest BCUT2D eigenvalue weighted by Gasteiger charge is -2.27. The van der Waals surface area contributed by atoms with Gasteiger partial charge in [0, 0.05) is 19.5 Å². The number of hydrogen-bond donors (Lipinski definition) is 2. The second kappa shape index (κ2) is 14.0. The van der Waals surface area contributed by atoms with Crippen molar-refractivity contribution in [3.8, 4) is 5.75 Å². The zero-order valence-electron chi connectivity index (χ0n) is 17.8. The maximum absolute atomic E-state index is 12.3. The van der Waals surface area contributed by atoms with Gasteiger partial charge in [0.15, 0.2) is 5.96 Å². The Bertz CT molecular complexity index is 620. The molecular weight excluding hydrogens is 508 g/mol. The standard InChI is InChI=1S/C21H33F3N4O.HI/c1-3-25-20(26-13-5-4-12-21(22,23)24)27-16-19(28-14-6-7-15-28)17-8-10-18(29-2)11-9-17;/h8-11,19H,3-7,12-16H2,1-2H3,(H2,25,26,27);1H. The lowest BCUT2D eigenvalue weighted by Crippen LogP contribution is -2.39. The molecule has 1 atom stereocenters. The average molecular weight is 542 g/mol. The van der Waals surface area contributed by atoms with Gasteiger partial charge in [-0.05, 0) is 63.4 Å². The van der Waals surface area contributed by atoms with Gasteiger partial charge in [0.1, 0.15) is 5.75 Å². The summed E-state index contributed by atoms with van der Waals surface area (Å²) >= 11 is 0. The summed E-state index contributed by atoms with van der Waals surface area (Å²) in [5.74, 6) is 1.48. The fourth-order valence-electron chi connectivity index (χ4n) is 3.49. The minimum atomic E-state index is -4.08. The van der Waals surface area contributed by atoms with Gasteiger partial charge in [-0.1, -0.05) is 12.1 Å². The summed E-state index contributed by atoms with van der Waals surface area (Å²) in [5, 5.41) is 6.34. The average Bonchev–Trinajstić information content (AvgIpc) is 3.22. The minimum Gasteiger partial charge on any atom is -0.497 e. The predicted octanol–water partition coefficient (Wildman–Crippen LogP) is 4.74. The van der Waals surface area contributed by atoms with Gasteiger partial charge in [-0.25, -0.2) is 0 Å². The van der Waals surface area contributed by atoms with Gasteiger partial charge in [0.05, 0.1) is 19.7 Å². The number of nitrogens with one attached hydrogen (secondary N) is 2. The third kappa shape index (κ3) is 9.72. The van der Waals surface area contributed by atoms with E-state index in [4.69, 9.17) is 9.73 Å². The van der Waals surface area contributed by atoms with Gasteiger partial charge in [-0.3, -0.25) is 9.89 Å². The molecule has 2 N–H and O–H groups in total. The van der Waals surface area contributed by atoms with E-state index < -0.39 is 12.6 Å². The highest BCUT2D eigenvalue weighted by molar-refractivity contribution is 14.0. The molecule has 1 fully saturated rings.